The Morgan fingerprint density at radius 3 is 2.57 bits per heavy atom. The lowest BCUT2D eigenvalue weighted by molar-refractivity contribution is 0.153. The zero-order valence-electron chi connectivity index (χ0n) is 11.7. The second kappa shape index (κ2) is 6.33. The lowest BCUT2D eigenvalue weighted by atomic mass is 10.0. The van der Waals surface area contributed by atoms with Crippen LogP contribution in [0.2, 0.25) is 0 Å². The van der Waals surface area contributed by atoms with Crippen molar-refractivity contribution in [2.24, 2.45) is 0 Å². The van der Waals surface area contributed by atoms with Crippen LogP contribution in [0.1, 0.15) is 17.2 Å². The molecule has 1 fully saturated rings. The normalized spacial score (nSPS) is 19.6. The number of nitrogens with zero attached hydrogens (tertiary/aromatic N) is 1. The Bertz CT molecular complexity index is 615. The van der Waals surface area contributed by atoms with Gasteiger partial charge in [-0.1, -0.05) is 24.3 Å². The molecular weight excluding hydrogens is 270 g/mol. The topological polar surface area (TPSA) is 15.3 Å². The molecule has 1 N–H and O–H groups in total. The third-order valence-electron chi connectivity index (χ3n) is 3.86. The van der Waals surface area contributed by atoms with Crippen LogP contribution in [0.25, 0.3) is 0 Å². The number of hydrogen-bond acceptors (Lipinski definition) is 2. The van der Waals surface area contributed by atoms with Gasteiger partial charge in [0.15, 0.2) is 0 Å². The average molecular weight is 288 g/mol. The van der Waals surface area contributed by atoms with E-state index in [1.165, 1.54) is 12.1 Å². The molecule has 0 saturated carbocycles. The Morgan fingerprint density at radius 2 is 1.81 bits per heavy atom. The highest BCUT2D eigenvalue weighted by Crippen LogP contribution is 2.24. The minimum atomic E-state index is -0.219. The van der Waals surface area contributed by atoms with Crippen molar-refractivity contribution >= 4 is 0 Å². The zero-order chi connectivity index (χ0) is 14.7. The molecule has 0 radical (unpaired) electrons. The van der Waals surface area contributed by atoms with E-state index in [4.69, 9.17) is 0 Å². The van der Waals surface area contributed by atoms with Crippen molar-refractivity contribution in [1.29, 1.82) is 0 Å². The first kappa shape index (κ1) is 14.2. The van der Waals surface area contributed by atoms with Gasteiger partial charge in [0.1, 0.15) is 11.6 Å². The first-order valence-corrected chi connectivity index (χ1v) is 7.17. The van der Waals surface area contributed by atoms with Gasteiger partial charge in [0.05, 0.1) is 0 Å². The molecule has 0 aromatic heterocycles. The van der Waals surface area contributed by atoms with Crippen LogP contribution < -0.4 is 5.32 Å². The SMILES string of the molecule is Fc1cccc(CN2CCNCC2c2cccc(F)c2)c1. The highest BCUT2D eigenvalue weighted by Gasteiger charge is 2.24. The standard InChI is InChI=1S/C17H18F2N2/c18-15-5-1-3-13(9-15)12-21-8-7-20-11-17(21)14-4-2-6-16(19)10-14/h1-6,9-10,17,20H,7-8,11-12H2. The Morgan fingerprint density at radius 1 is 1.05 bits per heavy atom. The predicted molar refractivity (Wildman–Crippen MR) is 78.8 cm³/mol. The summed E-state index contributed by atoms with van der Waals surface area (Å²) in [6.45, 7) is 3.19. The minimum Gasteiger partial charge on any atom is -0.314 e. The highest BCUT2D eigenvalue weighted by molar-refractivity contribution is 5.22. The van der Waals surface area contributed by atoms with Gasteiger partial charge in [0, 0.05) is 32.2 Å². The van der Waals surface area contributed by atoms with Crippen LogP contribution >= 0.6 is 0 Å². The van der Waals surface area contributed by atoms with E-state index >= 15 is 0 Å². The average Bonchev–Trinajstić information content (AvgIpc) is 2.48. The molecule has 0 amide bonds. The lowest BCUT2D eigenvalue weighted by Gasteiger charge is -2.36. The quantitative estimate of drug-likeness (QED) is 0.933. The first-order chi connectivity index (χ1) is 10.2. The third kappa shape index (κ3) is 3.46. The summed E-state index contributed by atoms with van der Waals surface area (Å²) in [5.41, 5.74) is 1.90. The van der Waals surface area contributed by atoms with Crippen LogP contribution in [-0.4, -0.2) is 24.5 Å². The Balaban J connectivity index is 1.81. The van der Waals surface area contributed by atoms with Gasteiger partial charge in [0.25, 0.3) is 0 Å². The molecule has 1 saturated heterocycles. The largest absolute Gasteiger partial charge is 0.314 e. The van der Waals surface area contributed by atoms with Crippen LogP contribution in [0.15, 0.2) is 48.5 Å². The van der Waals surface area contributed by atoms with Gasteiger partial charge in [-0.05, 0) is 35.4 Å². The molecule has 4 heteroatoms. The van der Waals surface area contributed by atoms with Crippen molar-refractivity contribution in [3.05, 3.63) is 71.3 Å². The number of piperazine rings is 1. The molecule has 1 atom stereocenters. The molecule has 21 heavy (non-hydrogen) atoms. The molecule has 0 spiro atoms. The number of nitrogens with one attached hydrogen (secondary N) is 1. The number of rotatable bonds is 3. The number of halogens is 2. The maximum atomic E-state index is 13.4. The fourth-order valence-electron chi connectivity index (χ4n) is 2.85. The first-order valence-electron chi connectivity index (χ1n) is 7.17. The zero-order valence-corrected chi connectivity index (χ0v) is 11.7. The highest BCUT2D eigenvalue weighted by atomic mass is 19.1. The van der Waals surface area contributed by atoms with E-state index in [1.807, 2.05) is 12.1 Å². The molecule has 2 aromatic carbocycles. The molecule has 3 rings (SSSR count). The molecule has 1 aliphatic heterocycles. The van der Waals surface area contributed by atoms with Crippen molar-refractivity contribution < 1.29 is 8.78 Å². The van der Waals surface area contributed by atoms with Crippen LogP contribution in [0.5, 0.6) is 0 Å². The molecular formula is C17H18F2N2. The summed E-state index contributed by atoms with van der Waals surface area (Å²) >= 11 is 0. The van der Waals surface area contributed by atoms with Crippen LogP contribution in [0.3, 0.4) is 0 Å². The van der Waals surface area contributed by atoms with E-state index in [9.17, 15) is 8.78 Å². The summed E-state index contributed by atoms with van der Waals surface area (Å²) in [7, 11) is 0. The fraction of sp³-hybridized carbons (Fsp3) is 0.294. The van der Waals surface area contributed by atoms with Crippen molar-refractivity contribution in [1.82, 2.24) is 10.2 Å². The minimum absolute atomic E-state index is 0.109. The van der Waals surface area contributed by atoms with Gasteiger partial charge in [-0.15, -0.1) is 0 Å². The molecule has 2 nitrogen and oxygen atoms in total. The van der Waals surface area contributed by atoms with Crippen LogP contribution in [0, 0.1) is 11.6 Å². The van der Waals surface area contributed by atoms with Gasteiger partial charge in [-0.25, -0.2) is 8.78 Å². The van der Waals surface area contributed by atoms with E-state index in [1.54, 1.807) is 24.3 Å². The summed E-state index contributed by atoms with van der Waals surface area (Å²) in [6.07, 6.45) is 0. The number of benzene rings is 2. The Kier molecular flexibility index (Phi) is 4.27. The summed E-state index contributed by atoms with van der Waals surface area (Å²) in [5.74, 6) is -0.436. The summed E-state index contributed by atoms with van der Waals surface area (Å²) in [6, 6.07) is 13.5. The third-order valence-corrected chi connectivity index (χ3v) is 3.86. The maximum Gasteiger partial charge on any atom is 0.123 e. The second-order valence-electron chi connectivity index (χ2n) is 5.38. The van der Waals surface area contributed by atoms with Gasteiger partial charge < -0.3 is 5.32 Å². The van der Waals surface area contributed by atoms with E-state index in [2.05, 4.69) is 10.2 Å². The Hall–Kier alpha value is -1.78. The van der Waals surface area contributed by atoms with Crippen molar-refractivity contribution in [2.75, 3.05) is 19.6 Å². The monoisotopic (exact) mass is 288 g/mol. The van der Waals surface area contributed by atoms with Crippen molar-refractivity contribution in [3.8, 4) is 0 Å². The second-order valence-corrected chi connectivity index (χ2v) is 5.38. The molecule has 1 aliphatic rings. The predicted octanol–water partition coefficient (Wildman–Crippen LogP) is 3.11. The molecule has 2 aromatic rings. The maximum absolute atomic E-state index is 13.4. The van der Waals surface area contributed by atoms with Gasteiger partial charge in [-0.3, -0.25) is 4.90 Å². The molecule has 1 unspecified atom stereocenters. The summed E-state index contributed by atoms with van der Waals surface area (Å²) < 4.78 is 26.8. The van der Waals surface area contributed by atoms with Crippen LogP contribution in [0.4, 0.5) is 8.78 Å². The molecule has 0 bridgehead atoms. The molecule has 0 aliphatic carbocycles. The van der Waals surface area contributed by atoms with E-state index in [0.29, 0.717) is 6.54 Å². The van der Waals surface area contributed by atoms with Crippen molar-refractivity contribution in [2.45, 2.75) is 12.6 Å². The summed E-state index contributed by atoms with van der Waals surface area (Å²) in [5, 5.41) is 3.34. The van der Waals surface area contributed by atoms with Gasteiger partial charge in [-0.2, -0.15) is 0 Å². The van der Waals surface area contributed by atoms with E-state index in [-0.39, 0.29) is 17.7 Å². The smallest absolute Gasteiger partial charge is 0.123 e. The molecule has 110 valence electrons. The Labute approximate surface area is 123 Å². The van der Waals surface area contributed by atoms with Crippen LogP contribution in [-0.2, 0) is 6.54 Å². The van der Waals surface area contributed by atoms with Crippen molar-refractivity contribution in [3.63, 3.8) is 0 Å². The van der Waals surface area contributed by atoms with E-state index < -0.39 is 0 Å². The fourth-order valence-corrected chi connectivity index (χ4v) is 2.85. The lowest BCUT2D eigenvalue weighted by Crippen LogP contribution is -2.45. The van der Waals surface area contributed by atoms with Gasteiger partial charge in [0.2, 0.25) is 0 Å². The molecule has 1 heterocycles. The van der Waals surface area contributed by atoms with E-state index in [0.717, 1.165) is 30.8 Å². The summed E-state index contributed by atoms with van der Waals surface area (Å²) in [4.78, 5) is 2.26. The van der Waals surface area contributed by atoms with Gasteiger partial charge >= 0.3 is 0 Å². The number of hydrogen-bond donors (Lipinski definition) is 1.